The van der Waals surface area contributed by atoms with Gasteiger partial charge in [-0.3, -0.25) is 0 Å². The van der Waals surface area contributed by atoms with Crippen molar-refractivity contribution in [1.29, 1.82) is 0 Å². The molecule has 0 amide bonds. The first kappa shape index (κ1) is 84.2. The molecule has 0 spiro atoms. The number of nitrogens with zero attached hydrogens (tertiary/aromatic N) is 3. The molecule has 650 valence electrons. The summed E-state index contributed by atoms with van der Waals surface area (Å²) in [7, 11) is -48.0. The minimum atomic E-state index is -5.20. The maximum absolute atomic E-state index is 8.65. The predicted molar refractivity (Wildman–Crippen MR) is 483 cm³/mol. The summed E-state index contributed by atoms with van der Waals surface area (Å²) in [6.07, 6.45) is 2.43. The van der Waals surface area contributed by atoms with E-state index >= 15 is 0 Å². The third-order valence-electron chi connectivity index (χ3n) is 23.2. The second-order valence-electron chi connectivity index (χ2n) is 33.2. The Kier molecular flexibility index (Phi) is 24.0. The van der Waals surface area contributed by atoms with E-state index in [0.717, 1.165) is 96.0 Å². The monoisotopic (exact) mass is 1860 g/mol. The average molecular weight is 1860 g/mol. The van der Waals surface area contributed by atoms with E-state index in [1.54, 1.807) is 0 Å². The fourth-order valence-electron chi connectivity index (χ4n) is 16.3. The van der Waals surface area contributed by atoms with Gasteiger partial charge in [-0.05, 0) is 111 Å². The lowest BCUT2D eigenvalue weighted by Gasteiger charge is -2.59. The lowest BCUT2D eigenvalue weighted by atomic mass is 10.2. The third-order valence-corrected chi connectivity index (χ3v) is 65.4. The topological polar surface area (TPSA) is 254 Å². The van der Waals surface area contributed by atoms with Gasteiger partial charge in [0.25, 0.3) is 0 Å². The van der Waals surface area contributed by atoms with Crippen LogP contribution < -0.4 is 65.2 Å². The zero-order chi connectivity index (χ0) is 84.0. The molecule has 27 nitrogen and oxygen atoms in total. The Hall–Kier alpha value is -7.67. The highest BCUT2D eigenvalue weighted by molar-refractivity contribution is 7.11. The molecule has 0 saturated carbocycles. The van der Waals surface area contributed by atoms with Crippen LogP contribution in [0.2, 0.25) is 25.2 Å². The molecule has 13 aliphatic rings. The second-order valence-corrected chi connectivity index (χ2v) is 63.0. The average Bonchev–Trinajstić information content (AvgIpc) is 1.41. The van der Waals surface area contributed by atoms with Crippen molar-refractivity contribution in [3.63, 3.8) is 0 Å². The number of anilines is 3. The number of fused-ring (bicyclic) bond motifs is 4. The molecule has 23 rings (SSSR count). The van der Waals surface area contributed by atoms with Gasteiger partial charge in [-0.25, -0.2) is 0 Å². The standard InChI is InChI=1S/C74H82N2O20Si10.C14H17NO4/c1-98(50-24-48-77-62-44-40-60(41-45-62)75(52-64-56-79-64)53-65-57-80-65)83-97-84-100(68-26-10-3-11-27-68)89-103(71-32-16-6-17-33-71)87-99(2,51-25-49-78-63-46-42-61(43-47-63)76(54-66-58-81-66)55-67-59-82-67)88-104(72-34-18-7-19-35-72)95-105(91-100,73-36-20-8-21-37-73)93-102(86-98,70-30-14-5-15-31-70)94-106(96-104,74-38-22-9-23-39-74)92-101(85-97,90-103)69-28-12-4-13-29-69;1-3-11(19-14-9-18-14)4-2-10(1)15(5-12-7-16-12)6-13-8-17-13/h3-23,26-47,64-67,97H,24-25,48-59H2,1-2H3;1-4,12-14H,5-9H2. The van der Waals surface area contributed by atoms with Crippen LogP contribution in [0.4, 0.5) is 17.1 Å². The molecule has 0 aliphatic carbocycles. The summed E-state index contributed by atoms with van der Waals surface area (Å²) in [6.45, 7) is 15.1. The van der Waals surface area contributed by atoms with Gasteiger partial charge in [-0.2, -0.15) is 0 Å². The maximum Gasteiger partial charge on any atom is 0.515 e. The van der Waals surface area contributed by atoms with Crippen molar-refractivity contribution < 1.29 is 105 Å². The van der Waals surface area contributed by atoms with Crippen molar-refractivity contribution in [2.75, 3.05) is 113 Å². The summed E-state index contributed by atoms with van der Waals surface area (Å²) in [6, 6.07) is 93.3. The van der Waals surface area contributed by atoms with Gasteiger partial charge in [0.2, 0.25) is 6.29 Å². The van der Waals surface area contributed by atoms with Crippen molar-refractivity contribution >= 4 is 142 Å². The van der Waals surface area contributed by atoms with Crippen LogP contribution >= 0.6 is 0 Å². The van der Waals surface area contributed by atoms with Gasteiger partial charge in [-0.1, -0.05) is 212 Å². The second kappa shape index (κ2) is 35.7. The largest absolute Gasteiger partial charge is 0.515 e. The normalized spacial score (nSPS) is 32.8. The summed E-state index contributed by atoms with van der Waals surface area (Å²) >= 11 is 0. The molecule has 13 unspecified atom stereocenters. The number of epoxide rings is 7. The van der Waals surface area contributed by atoms with E-state index in [-0.39, 0.29) is 50.0 Å². The van der Waals surface area contributed by atoms with Gasteiger partial charge >= 0.3 is 88.3 Å². The summed E-state index contributed by atoms with van der Waals surface area (Å²) in [5.74, 6) is 2.26. The molecular formula is C88H99N3O24Si10. The quantitative estimate of drug-likeness (QED) is 0.0219. The van der Waals surface area contributed by atoms with Crippen LogP contribution in [0, 0.1) is 0 Å². The minimum Gasteiger partial charge on any atom is -0.494 e. The summed E-state index contributed by atoms with van der Waals surface area (Å²) < 4.78 is 175. The molecule has 13 aliphatic heterocycles. The minimum absolute atomic E-state index is 0.0401. The third kappa shape index (κ3) is 19.6. The number of rotatable bonds is 34. The molecule has 13 fully saturated rings. The summed E-state index contributed by atoms with van der Waals surface area (Å²) in [5, 5.41) is 3.68. The van der Waals surface area contributed by atoms with Crippen LogP contribution in [0.3, 0.4) is 0 Å². The van der Waals surface area contributed by atoms with Gasteiger partial charge in [0.05, 0.1) is 89.5 Å². The van der Waals surface area contributed by atoms with Crippen molar-refractivity contribution in [1.82, 2.24) is 0 Å². The Morgan fingerprint density at radius 1 is 0.264 bits per heavy atom. The summed E-state index contributed by atoms with van der Waals surface area (Å²) in [4.78, 5) is 6.98. The first-order valence-electron chi connectivity index (χ1n) is 43.1. The molecule has 37 heteroatoms. The van der Waals surface area contributed by atoms with Crippen LogP contribution in [0.5, 0.6) is 17.2 Å². The molecule has 10 aromatic carbocycles. The highest BCUT2D eigenvalue weighted by Gasteiger charge is 2.82. The van der Waals surface area contributed by atoms with Crippen LogP contribution in [0.1, 0.15) is 12.8 Å². The molecule has 0 N–H and O–H groups in total. The van der Waals surface area contributed by atoms with Gasteiger partial charge in [0, 0.05) is 92.6 Å². The number of hydrogen-bond acceptors (Lipinski definition) is 27. The lowest BCUT2D eigenvalue weighted by Crippen LogP contribution is -2.91. The molecule has 0 radical (unpaired) electrons. The molecule has 0 aromatic heterocycles. The Morgan fingerprint density at radius 3 is 0.760 bits per heavy atom. The number of hydrogen-bond donors (Lipinski definition) is 0. The zero-order valence-electron chi connectivity index (χ0n) is 69.3. The zero-order valence-corrected chi connectivity index (χ0v) is 79.5. The molecule has 10 aromatic rings. The fraction of sp³-hybridized carbons (Fsp3) is 0.318. The predicted octanol–water partition coefficient (Wildman–Crippen LogP) is 7.24. The van der Waals surface area contributed by atoms with E-state index in [1.165, 1.54) is 5.69 Å². The maximum atomic E-state index is 8.65. The van der Waals surface area contributed by atoms with Crippen LogP contribution in [-0.2, 0) is 90.8 Å². The van der Waals surface area contributed by atoms with Crippen LogP contribution in [0.15, 0.2) is 285 Å². The van der Waals surface area contributed by atoms with Crippen LogP contribution in [0.25, 0.3) is 0 Å². The van der Waals surface area contributed by atoms with Gasteiger partial charge in [0.15, 0.2) is 0 Å². The molecule has 125 heavy (non-hydrogen) atoms. The molecule has 13 saturated heterocycles. The Labute approximate surface area is 738 Å². The lowest BCUT2D eigenvalue weighted by molar-refractivity contribution is 0.0291. The van der Waals surface area contributed by atoms with E-state index in [0.29, 0.717) is 85.5 Å². The van der Waals surface area contributed by atoms with Crippen LogP contribution in [-0.4, -0.2) is 230 Å². The Morgan fingerprint density at radius 2 is 0.496 bits per heavy atom. The van der Waals surface area contributed by atoms with Gasteiger partial charge in [-0.15, -0.1) is 0 Å². The van der Waals surface area contributed by atoms with E-state index in [4.69, 9.17) is 105 Å². The molecule has 8 bridgehead atoms. The van der Waals surface area contributed by atoms with Crippen molar-refractivity contribution in [2.45, 2.75) is 80.9 Å². The van der Waals surface area contributed by atoms with Crippen molar-refractivity contribution in [3.05, 3.63) is 285 Å². The van der Waals surface area contributed by atoms with E-state index in [2.05, 4.69) is 51.1 Å². The fourth-order valence-corrected chi connectivity index (χ4v) is 70.4. The van der Waals surface area contributed by atoms with E-state index in [1.807, 2.05) is 262 Å². The highest BCUT2D eigenvalue weighted by Crippen LogP contribution is 2.47. The first-order chi connectivity index (χ1) is 61.2. The van der Waals surface area contributed by atoms with Gasteiger partial charge in [0.1, 0.15) is 23.9 Å². The van der Waals surface area contributed by atoms with Crippen molar-refractivity contribution in [3.8, 4) is 17.2 Å². The molecule has 13 heterocycles. The number of benzene rings is 10. The van der Waals surface area contributed by atoms with Gasteiger partial charge < -0.3 is 120 Å². The number of ether oxygens (including phenoxy) is 10. The SMILES string of the molecule is C[Si]1(CCCOc2ccc(N(CC3CO3)CC3CO3)cc2)O[SiH]2O[Si]3(c4ccccc4)O[Si]4(c5ccccc5)O[Si](C)(CCCOc5ccc(N(CC6CO6)CC6CO6)cc5)O[Si]5(c6ccccc6)O[Si](c6ccccc6)(O3)O[Si](c3ccccc3)(O1)O[Si](c1ccccc1)(O[Si](c1ccccc1)(O2)O4)O5.c1cc(N(CC2CO2)CC2CO2)ccc1OC1CO1. The Bertz CT molecular complexity index is 5070. The molecular weight excluding hydrogens is 1760 g/mol. The van der Waals surface area contributed by atoms with Crippen molar-refractivity contribution in [2.24, 2.45) is 0 Å². The van der Waals surface area contributed by atoms with E-state index in [9.17, 15) is 0 Å². The first-order valence-corrected chi connectivity index (χ1v) is 61.6. The van der Waals surface area contributed by atoms with E-state index < -0.39 is 88.3 Å². The Balaban J connectivity index is 0.000000440. The summed E-state index contributed by atoms with van der Waals surface area (Å²) in [5.41, 5.74) is 3.33. The smallest absolute Gasteiger partial charge is 0.494 e. The highest BCUT2D eigenvalue weighted by atomic mass is 28.6. The molecule has 13 atom stereocenters.